The molecule has 2 atom stereocenters. The zero-order chi connectivity index (χ0) is 17.8. The molecule has 2 N–H and O–H groups in total. The van der Waals surface area contributed by atoms with Gasteiger partial charge in [0.25, 0.3) is 0 Å². The van der Waals surface area contributed by atoms with Gasteiger partial charge in [-0.15, -0.1) is 4.72 Å². The number of hydrogen-bond acceptors (Lipinski definition) is 4. The van der Waals surface area contributed by atoms with Gasteiger partial charge in [-0.1, -0.05) is 37.3 Å². The average Bonchev–Trinajstić information content (AvgIpc) is 3.30. The number of rotatable bonds is 7. The van der Waals surface area contributed by atoms with Crippen LogP contribution in [0.15, 0.2) is 30.3 Å². The summed E-state index contributed by atoms with van der Waals surface area (Å²) in [4.78, 5) is 12.1. The van der Waals surface area contributed by atoms with Crippen molar-refractivity contribution in [3.8, 4) is 0 Å². The van der Waals surface area contributed by atoms with E-state index < -0.39 is 17.5 Å². The number of hydrogen-bond donors (Lipinski definition) is 2. The van der Waals surface area contributed by atoms with Crippen LogP contribution in [0.3, 0.4) is 0 Å². The summed E-state index contributed by atoms with van der Waals surface area (Å²) in [5, 5.41) is 2.99. The summed E-state index contributed by atoms with van der Waals surface area (Å²) >= 11 is -1.16. The van der Waals surface area contributed by atoms with Crippen molar-refractivity contribution in [1.29, 1.82) is 0 Å². The van der Waals surface area contributed by atoms with E-state index in [1.807, 2.05) is 58.0 Å². The monoisotopic (exact) mass is 352 g/mol. The molecule has 0 spiro atoms. The molecular weight excluding hydrogens is 324 g/mol. The third-order valence-corrected chi connectivity index (χ3v) is 5.84. The number of alkyl carbamates (subject to hydrolysis) is 1. The summed E-state index contributed by atoms with van der Waals surface area (Å²) in [6.45, 7) is 8.09. The van der Waals surface area contributed by atoms with Crippen LogP contribution in [-0.4, -0.2) is 27.0 Å². The maximum atomic E-state index is 12.4. The SMILES string of the molecule is CC[C@@H](N[S+]([O-])C(C)(C)C)C1(NC(=O)OCc2ccccc2)CC1. The van der Waals surface area contributed by atoms with E-state index in [-0.39, 0.29) is 22.9 Å². The van der Waals surface area contributed by atoms with E-state index in [1.54, 1.807) is 0 Å². The summed E-state index contributed by atoms with van der Waals surface area (Å²) in [6, 6.07) is 9.57. The van der Waals surface area contributed by atoms with Crippen LogP contribution >= 0.6 is 0 Å². The Kier molecular flexibility index (Phi) is 6.17. The van der Waals surface area contributed by atoms with Gasteiger partial charge in [-0.2, -0.15) is 0 Å². The minimum Gasteiger partial charge on any atom is -0.598 e. The largest absolute Gasteiger partial charge is 0.598 e. The molecule has 2 rings (SSSR count). The Hall–Kier alpha value is -1.24. The Bertz CT molecular complexity index is 541. The van der Waals surface area contributed by atoms with Crippen molar-refractivity contribution in [2.24, 2.45) is 0 Å². The highest BCUT2D eigenvalue weighted by atomic mass is 32.2. The van der Waals surface area contributed by atoms with E-state index in [2.05, 4.69) is 10.0 Å². The van der Waals surface area contributed by atoms with Crippen molar-refractivity contribution in [3.05, 3.63) is 35.9 Å². The van der Waals surface area contributed by atoms with E-state index in [0.29, 0.717) is 0 Å². The lowest BCUT2D eigenvalue weighted by molar-refractivity contribution is 0.131. The van der Waals surface area contributed by atoms with Crippen LogP contribution in [0, 0.1) is 0 Å². The molecule has 1 saturated carbocycles. The molecule has 0 aromatic heterocycles. The van der Waals surface area contributed by atoms with Crippen LogP contribution < -0.4 is 10.0 Å². The maximum absolute atomic E-state index is 12.4. The van der Waals surface area contributed by atoms with Crippen molar-refractivity contribution in [3.63, 3.8) is 0 Å². The van der Waals surface area contributed by atoms with Crippen LogP contribution in [0.25, 0.3) is 0 Å². The average molecular weight is 353 g/mol. The Morgan fingerprint density at radius 1 is 1.33 bits per heavy atom. The summed E-state index contributed by atoms with van der Waals surface area (Å²) in [5.74, 6) is 0. The summed E-state index contributed by atoms with van der Waals surface area (Å²) in [7, 11) is 0. The van der Waals surface area contributed by atoms with Crippen LogP contribution in [0.4, 0.5) is 4.79 Å². The normalized spacial score (nSPS) is 18.5. The van der Waals surface area contributed by atoms with Gasteiger partial charge >= 0.3 is 6.09 Å². The van der Waals surface area contributed by atoms with Crippen LogP contribution in [0.2, 0.25) is 0 Å². The molecule has 1 aromatic rings. The molecule has 0 heterocycles. The molecule has 1 amide bonds. The summed E-state index contributed by atoms with van der Waals surface area (Å²) in [6.07, 6.45) is 2.12. The zero-order valence-corrected chi connectivity index (χ0v) is 15.7. The second kappa shape index (κ2) is 7.76. The third-order valence-electron chi connectivity index (χ3n) is 4.23. The number of ether oxygens (including phenoxy) is 1. The molecule has 1 aliphatic rings. The standard InChI is InChI=1S/C18H28N2O3S/c1-5-15(20-24(22)17(2,3)4)18(11-12-18)19-16(21)23-13-14-9-7-6-8-10-14/h6-10,15,20H,5,11-13H2,1-4H3,(H,19,21)/t15-,24?/m1/s1. The lowest BCUT2D eigenvalue weighted by Crippen LogP contribution is -2.56. The van der Waals surface area contributed by atoms with E-state index in [9.17, 15) is 9.35 Å². The summed E-state index contributed by atoms with van der Waals surface area (Å²) in [5.41, 5.74) is 0.611. The molecule has 1 unspecified atom stereocenters. The molecule has 1 fully saturated rings. The van der Waals surface area contributed by atoms with Gasteiger partial charge in [0, 0.05) is 11.4 Å². The van der Waals surface area contributed by atoms with Gasteiger partial charge in [-0.05, 0) is 45.6 Å². The lowest BCUT2D eigenvalue weighted by atomic mass is 10.1. The number of amides is 1. The Balaban J connectivity index is 1.88. The predicted molar refractivity (Wildman–Crippen MR) is 96.8 cm³/mol. The van der Waals surface area contributed by atoms with E-state index in [4.69, 9.17) is 4.74 Å². The minimum atomic E-state index is -1.16. The van der Waals surface area contributed by atoms with Crippen molar-refractivity contribution in [2.45, 2.75) is 69.9 Å². The smallest absolute Gasteiger partial charge is 0.407 e. The Labute approximate surface area is 147 Å². The van der Waals surface area contributed by atoms with Gasteiger partial charge in [0.15, 0.2) is 0 Å². The van der Waals surface area contributed by atoms with E-state index >= 15 is 0 Å². The van der Waals surface area contributed by atoms with Crippen molar-refractivity contribution >= 4 is 17.5 Å². The fourth-order valence-corrected chi connectivity index (χ4v) is 3.55. The number of nitrogens with one attached hydrogen (secondary N) is 2. The lowest BCUT2D eigenvalue weighted by Gasteiger charge is -2.32. The van der Waals surface area contributed by atoms with Gasteiger partial charge in [0.05, 0.1) is 11.6 Å². The molecule has 1 aliphatic carbocycles. The Morgan fingerprint density at radius 2 is 1.96 bits per heavy atom. The van der Waals surface area contributed by atoms with Gasteiger partial charge < -0.3 is 14.6 Å². The minimum absolute atomic E-state index is 0.0261. The predicted octanol–water partition coefficient (Wildman–Crippen LogP) is 3.28. The third kappa shape index (κ3) is 5.13. The highest BCUT2D eigenvalue weighted by Crippen LogP contribution is 2.40. The van der Waals surface area contributed by atoms with Gasteiger partial charge in [-0.25, -0.2) is 4.79 Å². The number of carbonyl (C=O) groups is 1. The number of benzene rings is 1. The topological polar surface area (TPSA) is 73.4 Å². The van der Waals surface area contributed by atoms with Crippen LogP contribution in [-0.2, 0) is 22.7 Å². The molecule has 6 heteroatoms. The molecule has 0 radical (unpaired) electrons. The van der Waals surface area contributed by atoms with Gasteiger partial charge in [0.1, 0.15) is 11.4 Å². The molecule has 0 bridgehead atoms. The fraction of sp³-hybridized carbons (Fsp3) is 0.611. The molecule has 5 nitrogen and oxygen atoms in total. The van der Waals surface area contributed by atoms with Crippen molar-refractivity contribution in [2.75, 3.05) is 0 Å². The first-order chi connectivity index (χ1) is 11.3. The summed E-state index contributed by atoms with van der Waals surface area (Å²) < 4.78 is 20.5. The van der Waals surface area contributed by atoms with E-state index in [1.165, 1.54) is 0 Å². The second-order valence-electron chi connectivity index (χ2n) is 7.30. The van der Waals surface area contributed by atoms with E-state index in [0.717, 1.165) is 24.8 Å². The molecule has 0 aliphatic heterocycles. The Morgan fingerprint density at radius 3 is 2.46 bits per heavy atom. The molecule has 24 heavy (non-hydrogen) atoms. The molecule has 1 aromatic carbocycles. The quantitative estimate of drug-likeness (QED) is 0.739. The number of carbonyl (C=O) groups excluding carboxylic acids is 1. The van der Waals surface area contributed by atoms with Crippen molar-refractivity contribution in [1.82, 2.24) is 10.0 Å². The molecule has 0 saturated heterocycles. The fourth-order valence-electron chi connectivity index (χ4n) is 2.55. The van der Waals surface area contributed by atoms with Gasteiger partial charge in [-0.3, -0.25) is 0 Å². The van der Waals surface area contributed by atoms with Crippen LogP contribution in [0.1, 0.15) is 52.5 Å². The second-order valence-corrected chi connectivity index (χ2v) is 9.30. The molecular formula is C18H28N2O3S. The first-order valence-corrected chi connectivity index (χ1v) is 9.59. The molecule has 134 valence electrons. The van der Waals surface area contributed by atoms with Gasteiger partial charge in [0.2, 0.25) is 0 Å². The maximum Gasteiger partial charge on any atom is 0.407 e. The van der Waals surface area contributed by atoms with Crippen molar-refractivity contribution < 1.29 is 14.1 Å². The van der Waals surface area contributed by atoms with Crippen LogP contribution in [0.5, 0.6) is 0 Å². The first kappa shape index (κ1) is 19.1. The zero-order valence-electron chi connectivity index (χ0n) is 14.9. The highest BCUT2D eigenvalue weighted by molar-refractivity contribution is 7.90. The highest BCUT2D eigenvalue weighted by Gasteiger charge is 2.52. The first-order valence-electron chi connectivity index (χ1n) is 8.44.